The quantitative estimate of drug-likeness (QED) is 0.171. The van der Waals surface area contributed by atoms with Crippen LogP contribution in [-0.4, -0.2) is 9.13 Å². The molecule has 2 heteroatoms. The van der Waals surface area contributed by atoms with E-state index in [9.17, 15) is 0 Å². The molecule has 2 nitrogen and oxygen atoms in total. The fraction of sp³-hybridized carbons (Fsp3) is 0.0545. The highest BCUT2D eigenvalue weighted by Crippen LogP contribution is 2.51. The molecule has 9 aromatic carbocycles. The van der Waals surface area contributed by atoms with Gasteiger partial charge >= 0.3 is 0 Å². The van der Waals surface area contributed by atoms with Gasteiger partial charge in [0.2, 0.25) is 0 Å². The number of hydrogen-bond donors (Lipinski definition) is 0. The van der Waals surface area contributed by atoms with Gasteiger partial charge in [0, 0.05) is 38.3 Å². The third kappa shape index (κ3) is 4.71. The molecule has 0 saturated carbocycles. The predicted molar refractivity (Wildman–Crippen MR) is 241 cm³/mol. The van der Waals surface area contributed by atoms with Crippen molar-refractivity contribution in [3.63, 3.8) is 0 Å². The first-order chi connectivity index (χ1) is 28.0. The normalized spacial score (nSPS) is 13.2. The Morgan fingerprint density at radius 1 is 0.316 bits per heavy atom. The summed E-state index contributed by atoms with van der Waals surface area (Å²) in [5.41, 5.74) is 17.4. The molecule has 1 aliphatic rings. The molecule has 0 saturated heterocycles. The molecule has 0 fully saturated rings. The van der Waals surface area contributed by atoms with Crippen molar-refractivity contribution in [2.24, 2.45) is 0 Å². The van der Waals surface area contributed by atoms with E-state index in [1.165, 1.54) is 110 Å². The van der Waals surface area contributed by atoms with Crippen LogP contribution in [0.2, 0.25) is 0 Å². The third-order valence-electron chi connectivity index (χ3n) is 12.7. The second-order valence-corrected chi connectivity index (χ2v) is 16.2. The van der Waals surface area contributed by atoms with E-state index in [4.69, 9.17) is 0 Å². The lowest BCUT2D eigenvalue weighted by Gasteiger charge is -2.21. The molecule has 12 rings (SSSR count). The average molecular weight is 727 g/mol. The first-order valence-corrected chi connectivity index (χ1v) is 19.9. The monoisotopic (exact) mass is 726 g/mol. The van der Waals surface area contributed by atoms with Crippen LogP contribution in [0.15, 0.2) is 194 Å². The lowest BCUT2D eigenvalue weighted by molar-refractivity contribution is 0.661. The number of rotatable bonds is 4. The maximum Gasteiger partial charge on any atom is 0.0544 e. The van der Waals surface area contributed by atoms with E-state index in [-0.39, 0.29) is 5.41 Å². The van der Waals surface area contributed by atoms with Crippen molar-refractivity contribution >= 4 is 54.4 Å². The molecule has 0 unspecified atom stereocenters. The van der Waals surface area contributed by atoms with Crippen LogP contribution < -0.4 is 0 Å². The Morgan fingerprint density at radius 2 is 0.912 bits per heavy atom. The van der Waals surface area contributed by atoms with Gasteiger partial charge in [-0.05, 0) is 122 Å². The van der Waals surface area contributed by atoms with Crippen molar-refractivity contribution in [2.45, 2.75) is 19.3 Å². The van der Waals surface area contributed by atoms with E-state index < -0.39 is 0 Å². The minimum atomic E-state index is -0.0973. The van der Waals surface area contributed by atoms with E-state index in [2.05, 4.69) is 217 Å². The number of benzene rings is 9. The maximum atomic E-state index is 2.49. The van der Waals surface area contributed by atoms with Gasteiger partial charge in [0.15, 0.2) is 0 Å². The van der Waals surface area contributed by atoms with E-state index in [0.717, 1.165) is 0 Å². The highest BCUT2D eigenvalue weighted by Gasteiger charge is 2.36. The van der Waals surface area contributed by atoms with Gasteiger partial charge in [0.25, 0.3) is 0 Å². The lowest BCUT2D eigenvalue weighted by atomic mass is 9.82. The molecule has 268 valence electrons. The first kappa shape index (κ1) is 32.1. The van der Waals surface area contributed by atoms with Crippen LogP contribution in [0.5, 0.6) is 0 Å². The third-order valence-corrected chi connectivity index (χ3v) is 12.7. The minimum absolute atomic E-state index is 0.0973. The molecular weight excluding hydrogens is 689 g/mol. The van der Waals surface area contributed by atoms with E-state index in [1.54, 1.807) is 0 Å². The molecule has 2 aromatic heterocycles. The Balaban J connectivity index is 1.08. The molecule has 1 aliphatic carbocycles. The molecule has 0 radical (unpaired) electrons. The van der Waals surface area contributed by atoms with Crippen LogP contribution in [0.25, 0.3) is 99.1 Å². The zero-order valence-corrected chi connectivity index (χ0v) is 31.9. The molecule has 11 aromatic rings. The summed E-state index contributed by atoms with van der Waals surface area (Å²) in [6.07, 6.45) is 0. The summed E-state index contributed by atoms with van der Waals surface area (Å²) in [5, 5.41) is 7.55. The molecule has 57 heavy (non-hydrogen) atoms. The molecule has 0 N–H and O–H groups in total. The first-order valence-electron chi connectivity index (χ1n) is 19.9. The second-order valence-electron chi connectivity index (χ2n) is 16.2. The maximum absolute atomic E-state index is 2.49. The van der Waals surface area contributed by atoms with Crippen molar-refractivity contribution in [3.8, 4) is 44.8 Å². The number of hydrogen-bond acceptors (Lipinski definition) is 0. The fourth-order valence-corrected chi connectivity index (χ4v) is 9.87. The van der Waals surface area contributed by atoms with Crippen LogP contribution in [0.4, 0.5) is 0 Å². The van der Waals surface area contributed by atoms with Crippen molar-refractivity contribution in [3.05, 3.63) is 205 Å². The van der Waals surface area contributed by atoms with Gasteiger partial charge in [0.05, 0.1) is 22.1 Å². The summed E-state index contributed by atoms with van der Waals surface area (Å²) in [6, 6.07) is 71.9. The summed E-state index contributed by atoms with van der Waals surface area (Å²) >= 11 is 0. The van der Waals surface area contributed by atoms with Crippen molar-refractivity contribution in [1.29, 1.82) is 0 Å². The highest BCUT2D eigenvalue weighted by molar-refractivity contribution is 6.14. The number of aromatic nitrogens is 2. The average Bonchev–Trinajstić information content (AvgIpc) is 3.85. The van der Waals surface area contributed by atoms with Crippen LogP contribution in [0.3, 0.4) is 0 Å². The van der Waals surface area contributed by atoms with Crippen molar-refractivity contribution in [1.82, 2.24) is 9.13 Å². The van der Waals surface area contributed by atoms with E-state index in [1.807, 2.05) is 0 Å². The predicted octanol–water partition coefficient (Wildman–Crippen LogP) is 14.7. The highest BCUT2D eigenvalue weighted by atomic mass is 15.0. The summed E-state index contributed by atoms with van der Waals surface area (Å²) in [5.74, 6) is 0. The van der Waals surface area contributed by atoms with Crippen LogP contribution >= 0.6 is 0 Å². The van der Waals surface area contributed by atoms with Gasteiger partial charge in [-0.15, -0.1) is 0 Å². The molecule has 0 spiro atoms. The van der Waals surface area contributed by atoms with Crippen LogP contribution in [0, 0.1) is 0 Å². The zero-order chi connectivity index (χ0) is 37.8. The standard InChI is InChI=1S/C55H38N2/c1-55(2)49-21-10-8-19-43(49)45-33-48-47-32-40(25-28-53(47)57(54(48)34-50(45)55)41-18-12-17-38(29-41)35-13-4-3-5-14-35)39-24-27-52-46(31-39)44-20-9-11-22-51(44)56(52)42-26-23-36-15-6-7-16-37(36)30-42/h3-34H,1-2H3. The van der Waals surface area contributed by atoms with Crippen LogP contribution in [0.1, 0.15) is 25.0 Å². The molecule has 0 bridgehead atoms. The summed E-state index contributed by atoms with van der Waals surface area (Å²) < 4.78 is 4.90. The number of fused-ring (bicyclic) bond motifs is 10. The Labute approximate surface area is 331 Å². The molecule has 0 amide bonds. The van der Waals surface area contributed by atoms with Gasteiger partial charge in [-0.1, -0.05) is 141 Å². The topological polar surface area (TPSA) is 9.86 Å². The zero-order valence-electron chi connectivity index (χ0n) is 31.9. The van der Waals surface area contributed by atoms with Gasteiger partial charge in [-0.3, -0.25) is 0 Å². The van der Waals surface area contributed by atoms with Crippen molar-refractivity contribution < 1.29 is 0 Å². The Morgan fingerprint density at radius 3 is 1.74 bits per heavy atom. The minimum Gasteiger partial charge on any atom is -0.309 e. The molecule has 0 atom stereocenters. The Kier molecular flexibility index (Phi) is 6.72. The second kappa shape index (κ2) is 11.9. The number of para-hydroxylation sites is 1. The SMILES string of the molecule is CC1(C)c2ccccc2-c2cc3c4cc(-c5ccc6c(c5)c5ccccc5n6-c5ccc6ccccc6c5)ccc4n(-c4cccc(-c5ccccc5)c4)c3cc21. The van der Waals surface area contributed by atoms with Gasteiger partial charge < -0.3 is 9.13 Å². The van der Waals surface area contributed by atoms with Crippen molar-refractivity contribution in [2.75, 3.05) is 0 Å². The molecular formula is C55H38N2. The fourth-order valence-electron chi connectivity index (χ4n) is 9.87. The molecule has 0 aliphatic heterocycles. The summed E-state index contributed by atoms with van der Waals surface area (Å²) in [6.45, 7) is 4.75. The summed E-state index contributed by atoms with van der Waals surface area (Å²) in [7, 11) is 0. The lowest BCUT2D eigenvalue weighted by Crippen LogP contribution is -2.14. The van der Waals surface area contributed by atoms with Gasteiger partial charge in [0.1, 0.15) is 0 Å². The van der Waals surface area contributed by atoms with E-state index >= 15 is 0 Å². The largest absolute Gasteiger partial charge is 0.309 e. The van der Waals surface area contributed by atoms with E-state index in [0.29, 0.717) is 0 Å². The summed E-state index contributed by atoms with van der Waals surface area (Å²) in [4.78, 5) is 0. The number of nitrogens with zero attached hydrogens (tertiary/aromatic N) is 2. The Hall–Kier alpha value is -7.16. The van der Waals surface area contributed by atoms with Gasteiger partial charge in [-0.2, -0.15) is 0 Å². The van der Waals surface area contributed by atoms with Crippen LogP contribution in [-0.2, 0) is 5.41 Å². The Bertz CT molecular complexity index is 3430. The van der Waals surface area contributed by atoms with Gasteiger partial charge in [-0.25, -0.2) is 0 Å². The molecule has 2 heterocycles. The smallest absolute Gasteiger partial charge is 0.0544 e.